The Hall–Kier alpha value is -1.02. The fraction of sp³-hybridized carbons (Fsp3) is 0.625. The summed E-state index contributed by atoms with van der Waals surface area (Å²) in [5.41, 5.74) is 9.11. The summed E-state index contributed by atoms with van der Waals surface area (Å²) >= 11 is 0. The minimum Gasteiger partial charge on any atom is -0.493 e. The Balaban J connectivity index is 1.86. The Morgan fingerprint density at radius 2 is 1.94 bits per heavy atom. The van der Waals surface area contributed by atoms with Gasteiger partial charge in [-0.1, -0.05) is 37.5 Å². The topological polar surface area (TPSA) is 35.2 Å². The number of hydrogen-bond donors (Lipinski definition) is 1. The van der Waals surface area contributed by atoms with E-state index in [9.17, 15) is 0 Å². The third kappa shape index (κ3) is 2.26. The van der Waals surface area contributed by atoms with Gasteiger partial charge in [-0.05, 0) is 37.2 Å². The van der Waals surface area contributed by atoms with Crippen molar-refractivity contribution < 1.29 is 4.74 Å². The van der Waals surface area contributed by atoms with Crippen LogP contribution in [0.1, 0.15) is 55.7 Å². The number of nitrogens with two attached hydrogens (primary N) is 1. The predicted octanol–water partition coefficient (Wildman–Crippen LogP) is 3.59. The molecule has 3 rings (SSSR count). The van der Waals surface area contributed by atoms with E-state index in [1.807, 2.05) is 0 Å². The van der Waals surface area contributed by atoms with Crippen molar-refractivity contribution in [3.8, 4) is 5.75 Å². The van der Waals surface area contributed by atoms with Crippen molar-refractivity contribution in [2.75, 3.05) is 6.61 Å². The first-order valence-corrected chi connectivity index (χ1v) is 7.36. The van der Waals surface area contributed by atoms with Crippen LogP contribution in [0.3, 0.4) is 0 Å². The molecule has 0 radical (unpaired) electrons. The molecule has 1 unspecified atom stereocenters. The van der Waals surface area contributed by atoms with Crippen molar-refractivity contribution in [2.24, 2.45) is 11.7 Å². The molecular weight excluding hydrogens is 222 g/mol. The van der Waals surface area contributed by atoms with Crippen LogP contribution in [-0.2, 0) is 6.42 Å². The van der Waals surface area contributed by atoms with Gasteiger partial charge in [-0.25, -0.2) is 0 Å². The monoisotopic (exact) mass is 245 g/mol. The van der Waals surface area contributed by atoms with Crippen LogP contribution in [0.25, 0.3) is 0 Å². The number of ether oxygens (including phenoxy) is 1. The van der Waals surface area contributed by atoms with E-state index in [1.54, 1.807) is 0 Å². The first-order chi connectivity index (χ1) is 8.86. The summed E-state index contributed by atoms with van der Waals surface area (Å²) < 4.78 is 5.89. The second-order valence-electron chi connectivity index (χ2n) is 5.71. The smallest absolute Gasteiger partial charge is 0.127 e. The first-order valence-electron chi connectivity index (χ1n) is 7.36. The van der Waals surface area contributed by atoms with Crippen LogP contribution in [0, 0.1) is 5.92 Å². The van der Waals surface area contributed by atoms with Crippen LogP contribution < -0.4 is 10.5 Å². The van der Waals surface area contributed by atoms with E-state index in [2.05, 4.69) is 18.2 Å². The molecule has 1 aromatic rings. The van der Waals surface area contributed by atoms with Gasteiger partial charge in [0.15, 0.2) is 0 Å². The minimum atomic E-state index is 0.165. The summed E-state index contributed by atoms with van der Waals surface area (Å²) in [6.07, 6.45) is 8.90. The van der Waals surface area contributed by atoms with Crippen molar-refractivity contribution in [1.82, 2.24) is 0 Å². The largest absolute Gasteiger partial charge is 0.493 e. The van der Waals surface area contributed by atoms with Crippen LogP contribution in [0.5, 0.6) is 5.75 Å². The number of para-hydroxylation sites is 1. The summed E-state index contributed by atoms with van der Waals surface area (Å²) in [4.78, 5) is 0. The minimum absolute atomic E-state index is 0.165. The van der Waals surface area contributed by atoms with Crippen molar-refractivity contribution >= 4 is 0 Å². The van der Waals surface area contributed by atoms with Crippen LogP contribution in [0.15, 0.2) is 18.2 Å². The normalized spacial score (nSPS) is 22.1. The number of fused-ring (bicyclic) bond motifs is 1. The van der Waals surface area contributed by atoms with E-state index in [4.69, 9.17) is 10.5 Å². The second-order valence-corrected chi connectivity index (χ2v) is 5.71. The number of aryl methyl sites for hydroxylation is 1. The van der Waals surface area contributed by atoms with Crippen LogP contribution in [0.2, 0.25) is 0 Å². The van der Waals surface area contributed by atoms with E-state index >= 15 is 0 Å². The van der Waals surface area contributed by atoms with Crippen LogP contribution in [-0.4, -0.2) is 6.61 Å². The molecule has 0 spiro atoms. The van der Waals surface area contributed by atoms with Gasteiger partial charge in [0.2, 0.25) is 0 Å². The summed E-state index contributed by atoms with van der Waals surface area (Å²) in [7, 11) is 0. The van der Waals surface area contributed by atoms with Crippen molar-refractivity contribution in [2.45, 2.75) is 51.0 Å². The lowest BCUT2D eigenvalue weighted by Gasteiger charge is -2.30. The van der Waals surface area contributed by atoms with Gasteiger partial charge >= 0.3 is 0 Å². The maximum Gasteiger partial charge on any atom is 0.127 e. The Morgan fingerprint density at radius 1 is 1.11 bits per heavy atom. The Kier molecular flexibility index (Phi) is 3.55. The molecule has 1 aliphatic heterocycles. The fourth-order valence-corrected chi connectivity index (χ4v) is 3.42. The van der Waals surface area contributed by atoms with E-state index in [0.717, 1.165) is 25.2 Å². The van der Waals surface area contributed by atoms with Crippen LogP contribution >= 0.6 is 0 Å². The number of rotatable bonds is 2. The van der Waals surface area contributed by atoms with Gasteiger partial charge in [0.25, 0.3) is 0 Å². The molecule has 2 aliphatic rings. The summed E-state index contributed by atoms with van der Waals surface area (Å²) in [6.45, 7) is 0.849. The van der Waals surface area contributed by atoms with Crippen molar-refractivity contribution in [1.29, 1.82) is 0 Å². The molecule has 1 atom stereocenters. The first kappa shape index (κ1) is 12.0. The molecule has 2 heteroatoms. The molecular formula is C16H23NO. The second kappa shape index (κ2) is 5.31. The highest BCUT2D eigenvalue weighted by Crippen LogP contribution is 2.39. The van der Waals surface area contributed by atoms with Crippen LogP contribution in [0.4, 0.5) is 0 Å². The van der Waals surface area contributed by atoms with Crippen molar-refractivity contribution in [3.05, 3.63) is 29.3 Å². The lowest BCUT2D eigenvalue weighted by atomic mass is 9.80. The van der Waals surface area contributed by atoms with E-state index in [1.165, 1.54) is 43.2 Å². The zero-order chi connectivity index (χ0) is 12.4. The Labute approximate surface area is 110 Å². The molecule has 0 aromatic heterocycles. The average Bonchev–Trinajstić information content (AvgIpc) is 2.47. The molecule has 98 valence electrons. The van der Waals surface area contributed by atoms with Gasteiger partial charge in [0, 0.05) is 11.6 Å². The van der Waals surface area contributed by atoms with Gasteiger partial charge in [-0.15, -0.1) is 0 Å². The predicted molar refractivity (Wildman–Crippen MR) is 73.8 cm³/mol. The average molecular weight is 245 g/mol. The van der Waals surface area contributed by atoms with Gasteiger partial charge < -0.3 is 10.5 Å². The molecule has 18 heavy (non-hydrogen) atoms. The molecule has 1 fully saturated rings. The molecule has 2 nitrogen and oxygen atoms in total. The van der Waals surface area contributed by atoms with Gasteiger partial charge in [0.1, 0.15) is 5.75 Å². The molecule has 2 N–H and O–H groups in total. The van der Waals surface area contributed by atoms with Gasteiger partial charge in [-0.2, -0.15) is 0 Å². The maximum atomic E-state index is 6.51. The fourth-order valence-electron chi connectivity index (χ4n) is 3.42. The molecule has 0 bridgehead atoms. The Bertz CT molecular complexity index is 410. The maximum absolute atomic E-state index is 6.51. The Morgan fingerprint density at radius 3 is 2.78 bits per heavy atom. The quantitative estimate of drug-likeness (QED) is 0.864. The SMILES string of the molecule is NC(c1cccc2c1OCCC2)C1CCCCC1. The highest BCUT2D eigenvalue weighted by Gasteiger charge is 2.26. The van der Waals surface area contributed by atoms with E-state index in [0.29, 0.717) is 5.92 Å². The highest BCUT2D eigenvalue weighted by molar-refractivity contribution is 5.44. The van der Waals surface area contributed by atoms with E-state index < -0.39 is 0 Å². The van der Waals surface area contributed by atoms with Gasteiger partial charge in [0.05, 0.1) is 6.61 Å². The molecule has 0 saturated heterocycles. The summed E-state index contributed by atoms with van der Waals surface area (Å²) in [6, 6.07) is 6.67. The number of hydrogen-bond acceptors (Lipinski definition) is 2. The summed E-state index contributed by atoms with van der Waals surface area (Å²) in [5, 5.41) is 0. The third-order valence-electron chi connectivity index (χ3n) is 4.48. The molecule has 1 heterocycles. The molecule has 1 aromatic carbocycles. The lowest BCUT2D eigenvalue weighted by molar-refractivity contribution is 0.268. The van der Waals surface area contributed by atoms with Crippen molar-refractivity contribution in [3.63, 3.8) is 0 Å². The zero-order valence-electron chi connectivity index (χ0n) is 11.0. The molecule has 1 saturated carbocycles. The standard InChI is InChI=1S/C16H23NO/c17-15(12-6-2-1-3-7-12)14-10-4-8-13-9-5-11-18-16(13)14/h4,8,10,12,15H,1-3,5-7,9,11,17H2. The third-order valence-corrected chi connectivity index (χ3v) is 4.48. The number of benzene rings is 1. The van der Waals surface area contributed by atoms with E-state index in [-0.39, 0.29) is 6.04 Å². The molecule has 1 aliphatic carbocycles. The van der Waals surface area contributed by atoms with Gasteiger partial charge in [-0.3, -0.25) is 0 Å². The summed E-state index contributed by atoms with van der Waals surface area (Å²) in [5.74, 6) is 1.75. The molecule has 0 amide bonds. The highest BCUT2D eigenvalue weighted by atomic mass is 16.5. The lowest BCUT2D eigenvalue weighted by Crippen LogP contribution is -2.25. The zero-order valence-corrected chi connectivity index (χ0v) is 11.0.